The molecule has 3 rings (SSSR count). The Morgan fingerprint density at radius 1 is 1.04 bits per heavy atom. The van der Waals surface area contributed by atoms with Crippen LogP contribution in [-0.2, 0) is 4.79 Å². The number of nitrogens with one attached hydrogen (secondary N) is 1. The minimum atomic E-state index is -0.484. The number of rotatable bonds is 3. The predicted octanol–water partition coefficient (Wildman–Crippen LogP) is 5.53. The summed E-state index contributed by atoms with van der Waals surface area (Å²) < 4.78 is 13.0. The van der Waals surface area contributed by atoms with Crippen molar-refractivity contribution >= 4 is 34.6 Å². The molecule has 1 N–H and O–H groups in total. The van der Waals surface area contributed by atoms with Crippen LogP contribution in [-0.4, -0.2) is 10.9 Å². The van der Waals surface area contributed by atoms with Gasteiger partial charge in [-0.3, -0.25) is 9.78 Å². The first kappa shape index (κ1) is 17.8. The Balaban J connectivity index is 1.97. The number of benzene rings is 2. The fraction of sp³-hybridized carbons (Fsp3) is 0.182. The fourth-order valence-corrected chi connectivity index (χ4v) is 2.51. The van der Waals surface area contributed by atoms with Gasteiger partial charge in [0.2, 0.25) is 5.91 Å². The molecule has 26 heavy (non-hydrogen) atoms. The van der Waals surface area contributed by atoms with Gasteiger partial charge in [-0.1, -0.05) is 57.2 Å². The van der Waals surface area contributed by atoms with E-state index < -0.39 is 5.41 Å². The highest BCUT2D eigenvalue weighted by molar-refractivity contribution is 6.04. The maximum atomic E-state index is 13.0. The second-order valence-electron chi connectivity index (χ2n) is 7.19. The van der Waals surface area contributed by atoms with Gasteiger partial charge in [0.15, 0.2) is 0 Å². The standard InChI is InChI=1S/C22H21FN2O/c1-22(2,3)21(26)25-19-13-10-16(18-5-4-14-24-20(18)19)9-6-15-7-11-17(23)12-8-15/h4-14H,1-3H3,(H,25,26). The van der Waals surface area contributed by atoms with Crippen LogP contribution in [0.3, 0.4) is 0 Å². The minimum absolute atomic E-state index is 0.0564. The lowest BCUT2D eigenvalue weighted by Crippen LogP contribution is -2.27. The number of anilines is 1. The summed E-state index contributed by atoms with van der Waals surface area (Å²) in [7, 11) is 0. The smallest absolute Gasteiger partial charge is 0.229 e. The summed E-state index contributed by atoms with van der Waals surface area (Å²) in [5, 5.41) is 3.91. The molecule has 3 nitrogen and oxygen atoms in total. The molecule has 0 unspecified atom stereocenters. The van der Waals surface area contributed by atoms with E-state index in [4.69, 9.17) is 0 Å². The van der Waals surface area contributed by atoms with Gasteiger partial charge in [0.05, 0.1) is 11.2 Å². The van der Waals surface area contributed by atoms with Crippen LogP contribution < -0.4 is 5.32 Å². The summed E-state index contributed by atoms with van der Waals surface area (Å²) in [6.07, 6.45) is 5.60. The SMILES string of the molecule is CC(C)(C)C(=O)Nc1ccc(C=Cc2ccc(F)cc2)c2cccnc12. The van der Waals surface area contributed by atoms with Gasteiger partial charge < -0.3 is 5.32 Å². The highest BCUT2D eigenvalue weighted by atomic mass is 19.1. The van der Waals surface area contributed by atoms with E-state index in [1.165, 1.54) is 12.1 Å². The normalized spacial score (nSPS) is 11.8. The van der Waals surface area contributed by atoms with E-state index in [0.717, 1.165) is 22.0 Å². The first-order chi connectivity index (χ1) is 12.3. The Hall–Kier alpha value is -3.01. The van der Waals surface area contributed by atoms with Crippen molar-refractivity contribution in [2.75, 3.05) is 5.32 Å². The molecule has 0 aliphatic carbocycles. The third-order valence-electron chi connectivity index (χ3n) is 4.06. The molecule has 0 radical (unpaired) electrons. The topological polar surface area (TPSA) is 42.0 Å². The maximum absolute atomic E-state index is 13.0. The molecule has 1 aromatic heterocycles. The van der Waals surface area contributed by atoms with E-state index in [1.54, 1.807) is 18.3 Å². The number of amides is 1. The molecule has 132 valence electrons. The predicted molar refractivity (Wildman–Crippen MR) is 105 cm³/mol. The Morgan fingerprint density at radius 2 is 1.77 bits per heavy atom. The van der Waals surface area contributed by atoms with E-state index in [2.05, 4.69) is 10.3 Å². The lowest BCUT2D eigenvalue weighted by molar-refractivity contribution is -0.123. The second-order valence-corrected chi connectivity index (χ2v) is 7.19. The quantitative estimate of drug-likeness (QED) is 0.632. The zero-order valence-corrected chi connectivity index (χ0v) is 15.1. The van der Waals surface area contributed by atoms with Crippen LogP contribution >= 0.6 is 0 Å². The molecule has 0 aliphatic rings. The van der Waals surface area contributed by atoms with Crippen molar-refractivity contribution in [3.8, 4) is 0 Å². The zero-order valence-electron chi connectivity index (χ0n) is 15.1. The van der Waals surface area contributed by atoms with Crippen molar-refractivity contribution in [3.05, 3.63) is 71.7 Å². The summed E-state index contributed by atoms with van der Waals surface area (Å²) >= 11 is 0. The van der Waals surface area contributed by atoms with E-state index in [0.29, 0.717) is 5.69 Å². The van der Waals surface area contributed by atoms with E-state index in [9.17, 15) is 9.18 Å². The third kappa shape index (κ3) is 3.97. The van der Waals surface area contributed by atoms with Crippen LogP contribution in [0.1, 0.15) is 31.9 Å². The number of fused-ring (bicyclic) bond motifs is 1. The lowest BCUT2D eigenvalue weighted by Gasteiger charge is -2.18. The van der Waals surface area contributed by atoms with Gasteiger partial charge in [-0.15, -0.1) is 0 Å². The van der Waals surface area contributed by atoms with Crippen LogP contribution in [0.4, 0.5) is 10.1 Å². The number of hydrogen-bond acceptors (Lipinski definition) is 2. The third-order valence-corrected chi connectivity index (χ3v) is 4.06. The number of halogens is 1. The molecule has 0 spiro atoms. The van der Waals surface area contributed by atoms with Gasteiger partial charge >= 0.3 is 0 Å². The summed E-state index contributed by atoms with van der Waals surface area (Å²) in [6, 6.07) is 14.0. The number of carbonyl (C=O) groups is 1. The highest BCUT2D eigenvalue weighted by Crippen LogP contribution is 2.28. The van der Waals surface area contributed by atoms with Crippen LogP contribution in [0.15, 0.2) is 54.7 Å². The number of aromatic nitrogens is 1. The molecular formula is C22H21FN2O. The number of nitrogens with zero attached hydrogens (tertiary/aromatic N) is 1. The Kier molecular flexibility index (Phi) is 4.85. The Bertz CT molecular complexity index is 970. The first-order valence-electron chi connectivity index (χ1n) is 8.47. The van der Waals surface area contributed by atoms with E-state index in [1.807, 2.05) is 57.2 Å². The molecule has 0 aliphatic heterocycles. The van der Waals surface area contributed by atoms with E-state index >= 15 is 0 Å². The van der Waals surface area contributed by atoms with Crippen molar-refractivity contribution in [1.29, 1.82) is 0 Å². The fourth-order valence-electron chi connectivity index (χ4n) is 2.51. The van der Waals surface area contributed by atoms with Crippen LogP contribution in [0.5, 0.6) is 0 Å². The molecule has 3 aromatic rings. The second kappa shape index (κ2) is 7.08. The first-order valence-corrected chi connectivity index (χ1v) is 8.47. The van der Waals surface area contributed by atoms with Gasteiger partial charge in [0.25, 0.3) is 0 Å². The van der Waals surface area contributed by atoms with Crippen molar-refractivity contribution < 1.29 is 9.18 Å². The average molecular weight is 348 g/mol. The van der Waals surface area contributed by atoms with Crippen LogP contribution in [0.2, 0.25) is 0 Å². The number of carbonyl (C=O) groups excluding carboxylic acids is 1. The lowest BCUT2D eigenvalue weighted by atomic mass is 9.95. The number of hydrogen-bond donors (Lipinski definition) is 1. The molecule has 0 atom stereocenters. The average Bonchev–Trinajstić information content (AvgIpc) is 2.61. The van der Waals surface area contributed by atoms with Gasteiger partial charge in [0, 0.05) is 17.0 Å². The molecule has 4 heteroatoms. The van der Waals surface area contributed by atoms with Crippen LogP contribution in [0.25, 0.3) is 23.1 Å². The van der Waals surface area contributed by atoms with Gasteiger partial charge in [-0.25, -0.2) is 4.39 Å². The summed E-state index contributed by atoms with van der Waals surface area (Å²) in [5.41, 5.74) is 2.84. The number of pyridine rings is 1. The molecule has 1 amide bonds. The molecular weight excluding hydrogens is 327 g/mol. The van der Waals surface area contributed by atoms with E-state index in [-0.39, 0.29) is 11.7 Å². The molecule has 1 heterocycles. The van der Waals surface area contributed by atoms with Gasteiger partial charge in [-0.2, -0.15) is 0 Å². The molecule has 0 saturated carbocycles. The largest absolute Gasteiger partial charge is 0.324 e. The maximum Gasteiger partial charge on any atom is 0.229 e. The molecule has 0 saturated heterocycles. The molecule has 0 bridgehead atoms. The zero-order chi connectivity index (χ0) is 18.7. The molecule has 0 fully saturated rings. The highest BCUT2D eigenvalue weighted by Gasteiger charge is 2.22. The van der Waals surface area contributed by atoms with Crippen molar-refractivity contribution in [2.24, 2.45) is 5.41 Å². The monoisotopic (exact) mass is 348 g/mol. The Labute approximate surface area is 152 Å². The van der Waals surface area contributed by atoms with Gasteiger partial charge in [-0.05, 0) is 35.4 Å². The minimum Gasteiger partial charge on any atom is -0.324 e. The summed E-state index contributed by atoms with van der Waals surface area (Å²) in [4.78, 5) is 16.8. The summed E-state index contributed by atoms with van der Waals surface area (Å²) in [6.45, 7) is 5.62. The van der Waals surface area contributed by atoms with Crippen molar-refractivity contribution in [2.45, 2.75) is 20.8 Å². The summed E-state index contributed by atoms with van der Waals surface area (Å²) in [5.74, 6) is -0.310. The van der Waals surface area contributed by atoms with Crippen molar-refractivity contribution in [1.82, 2.24) is 4.98 Å². The van der Waals surface area contributed by atoms with Gasteiger partial charge in [0.1, 0.15) is 5.82 Å². The Morgan fingerprint density at radius 3 is 2.46 bits per heavy atom. The van der Waals surface area contributed by atoms with Crippen LogP contribution in [0, 0.1) is 11.2 Å². The molecule has 2 aromatic carbocycles. The van der Waals surface area contributed by atoms with Crippen molar-refractivity contribution in [3.63, 3.8) is 0 Å².